The summed E-state index contributed by atoms with van der Waals surface area (Å²) in [5.74, 6) is 0.423. The Labute approximate surface area is 243 Å². The molecule has 216 valence electrons. The molecule has 1 saturated heterocycles. The first-order chi connectivity index (χ1) is 20.4. The number of benzene rings is 2. The topological polar surface area (TPSA) is 137 Å². The molecule has 0 atom stereocenters. The first kappa shape index (κ1) is 26.5. The number of aromatic nitrogens is 5. The van der Waals surface area contributed by atoms with E-state index in [1.807, 2.05) is 37.3 Å². The fourth-order valence-corrected chi connectivity index (χ4v) is 6.35. The van der Waals surface area contributed by atoms with Gasteiger partial charge in [-0.2, -0.15) is 10.1 Å². The minimum absolute atomic E-state index is 0.00484. The highest BCUT2D eigenvalue weighted by molar-refractivity contribution is 5.99. The molecule has 1 saturated carbocycles. The van der Waals surface area contributed by atoms with Crippen LogP contribution in [0.5, 0.6) is 0 Å². The van der Waals surface area contributed by atoms with Gasteiger partial charge in [-0.15, -0.1) is 0 Å². The van der Waals surface area contributed by atoms with Gasteiger partial charge in [0, 0.05) is 35.9 Å². The zero-order valence-corrected chi connectivity index (χ0v) is 23.8. The number of nitrogens with one attached hydrogen (secondary N) is 1. The van der Waals surface area contributed by atoms with E-state index in [1.165, 1.54) is 6.33 Å². The molecule has 3 N–H and O–H groups in total. The van der Waals surface area contributed by atoms with Gasteiger partial charge in [-0.05, 0) is 69.4 Å². The molecule has 1 aliphatic heterocycles. The zero-order valence-electron chi connectivity index (χ0n) is 23.8. The molecule has 11 nitrogen and oxygen atoms in total. The van der Waals surface area contributed by atoms with Crippen molar-refractivity contribution in [1.82, 2.24) is 29.6 Å². The van der Waals surface area contributed by atoms with Crippen LogP contribution in [0.15, 0.2) is 47.1 Å². The predicted molar refractivity (Wildman–Crippen MR) is 161 cm³/mol. The van der Waals surface area contributed by atoms with Gasteiger partial charge in [-0.3, -0.25) is 9.69 Å². The lowest BCUT2D eigenvalue weighted by Crippen LogP contribution is -2.45. The maximum Gasteiger partial charge on any atom is 0.300 e. The van der Waals surface area contributed by atoms with Crippen LogP contribution in [0.1, 0.15) is 54.6 Å². The minimum Gasteiger partial charge on any atom is -0.423 e. The molecule has 0 bridgehead atoms. The van der Waals surface area contributed by atoms with Crippen LogP contribution in [0, 0.1) is 6.92 Å². The first-order valence-corrected chi connectivity index (χ1v) is 14.5. The Bertz CT molecular complexity index is 1760. The summed E-state index contributed by atoms with van der Waals surface area (Å²) in [7, 11) is 0. The van der Waals surface area contributed by atoms with E-state index >= 15 is 0 Å². The fourth-order valence-electron chi connectivity index (χ4n) is 6.35. The number of hydrogen-bond acceptors (Lipinski definition) is 10. The molecule has 0 radical (unpaired) electrons. The van der Waals surface area contributed by atoms with Gasteiger partial charge < -0.3 is 20.2 Å². The van der Waals surface area contributed by atoms with Crippen LogP contribution in [0.3, 0.4) is 0 Å². The van der Waals surface area contributed by atoms with Gasteiger partial charge in [0.15, 0.2) is 17.0 Å². The Morgan fingerprint density at radius 3 is 2.50 bits per heavy atom. The molecule has 5 aromatic rings. The largest absolute Gasteiger partial charge is 0.423 e. The molecule has 2 aromatic carbocycles. The molecule has 2 aliphatic rings. The predicted octanol–water partition coefficient (Wildman–Crippen LogP) is 5.29. The number of fused-ring (bicyclic) bond motifs is 2. The van der Waals surface area contributed by atoms with Crippen molar-refractivity contribution in [3.05, 3.63) is 53.9 Å². The number of oxazole rings is 1. The van der Waals surface area contributed by atoms with E-state index in [9.17, 15) is 4.79 Å². The van der Waals surface area contributed by atoms with Gasteiger partial charge in [0.2, 0.25) is 0 Å². The molecular weight excluding hydrogens is 532 g/mol. The second kappa shape index (κ2) is 10.8. The minimum atomic E-state index is -0.00484. The van der Waals surface area contributed by atoms with Crippen molar-refractivity contribution in [1.29, 1.82) is 0 Å². The molecule has 7 rings (SSSR count). The molecule has 11 heteroatoms. The smallest absolute Gasteiger partial charge is 0.300 e. The van der Waals surface area contributed by atoms with E-state index in [1.54, 1.807) is 13.0 Å². The number of ether oxygens (including phenoxy) is 1. The normalized spacial score (nSPS) is 19.9. The van der Waals surface area contributed by atoms with Crippen LogP contribution in [-0.4, -0.2) is 67.8 Å². The number of aryl methyl sites for hydroxylation is 1. The third-order valence-electron chi connectivity index (χ3n) is 8.58. The van der Waals surface area contributed by atoms with Gasteiger partial charge in [0.25, 0.3) is 6.01 Å². The van der Waals surface area contributed by atoms with E-state index in [4.69, 9.17) is 20.0 Å². The maximum absolute atomic E-state index is 11.9. The summed E-state index contributed by atoms with van der Waals surface area (Å²) in [6.45, 7) is 7.15. The highest BCUT2D eigenvalue weighted by Gasteiger charge is 2.30. The van der Waals surface area contributed by atoms with E-state index < -0.39 is 0 Å². The number of hydrogen-bond donors (Lipinski definition) is 2. The van der Waals surface area contributed by atoms with Gasteiger partial charge >= 0.3 is 0 Å². The van der Waals surface area contributed by atoms with Crippen molar-refractivity contribution >= 4 is 45.4 Å². The number of carbonyl (C=O) groups is 1. The van der Waals surface area contributed by atoms with E-state index in [0.717, 1.165) is 85.5 Å². The Balaban J connectivity index is 1.13. The number of ketones is 1. The Morgan fingerprint density at radius 2 is 1.76 bits per heavy atom. The lowest BCUT2D eigenvalue weighted by atomic mass is 9.90. The summed E-state index contributed by atoms with van der Waals surface area (Å²) < 4.78 is 13.6. The summed E-state index contributed by atoms with van der Waals surface area (Å²) in [5, 5.41) is 9.09. The van der Waals surface area contributed by atoms with E-state index in [0.29, 0.717) is 34.5 Å². The summed E-state index contributed by atoms with van der Waals surface area (Å²) in [4.78, 5) is 27.9. The molecule has 0 unspecified atom stereocenters. The molecule has 42 heavy (non-hydrogen) atoms. The number of anilines is 3. The second-order valence-corrected chi connectivity index (χ2v) is 11.3. The maximum atomic E-state index is 11.9. The molecule has 3 aromatic heterocycles. The lowest BCUT2D eigenvalue weighted by Gasteiger charge is -2.38. The standard InChI is InChI=1S/C31H34N8O3/c1-18-15-21(19(2)40)16-25-28(18)42-31(36-25)35-22-5-3-20(4-6-22)27-26-29(32)33-17-34-30(26)39(37-27)24-9-7-23(8-10-24)38-11-13-41-14-12-38/h3-6,15-17,23-24H,7-14H2,1-2H3,(H,35,36)(H2,32,33,34). The third kappa shape index (κ3) is 4.88. The van der Waals surface area contributed by atoms with Crippen LogP contribution < -0.4 is 11.1 Å². The van der Waals surface area contributed by atoms with Crippen LogP contribution in [-0.2, 0) is 4.74 Å². The fraction of sp³-hybridized carbons (Fsp3) is 0.387. The Morgan fingerprint density at radius 1 is 1.02 bits per heavy atom. The van der Waals surface area contributed by atoms with Crippen molar-refractivity contribution in [2.75, 3.05) is 37.4 Å². The summed E-state index contributed by atoms with van der Waals surface area (Å²) in [6.07, 6.45) is 5.88. The van der Waals surface area contributed by atoms with Crippen molar-refractivity contribution in [2.45, 2.75) is 51.6 Å². The first-order valence-electron chi connectivity index (χ1n) is 14.5. The number of Topliss-reactive ketones (excluding diaryl/α,β-unsaturated/α-hetero) is 1. The van der Waals surface area contributed by atoms with Gasteiger partial charge in [0.05, 0.1) is 24.6 Å². The van der Waals surface area contributed by atoms with E-state index in [-0.39, 0.29) is 11.8 Å². The number of rotatable bonds is 6. The number of nitrogen functional groups attached to an aromatic ring is 1. The van der Waals surface area contributed by atoms with Crippen molar-refractivity contribution in [3.8, 4) is 11.3 Å². The van der Waals surface area contributed by atoms with Crippen molar-refractivity contribution in [2.24, 2.45) is 0 Å². The molecule has 1 aliphatic carbocycles. The lowest BCUT2D eigenvalue weighted by molar-refractivity contribution is 0.00520. The van der Waals surface area contributed by atoms with E-state index in [2.05, 4.69) is 29.9 Å². The number of carbonyl (C=O) groups excluding carboxylic acids is 1. The van der Waals surface area contributed by atoms with Gasteiger partial charge in [-0.25, -0.2) is 14.6 Å². The number of nitrogens with two attached hydrogens (primary N) is 1. The zero-order chi connectivity index (χ0) is 28.8. The van der Waals surface area contributed by atoms with Crippen LogP contribution in [0.25, 0.3) is 33.4 Å². The SMILES string of the molecule is CC(=O)c1cc(C)c2oc(Nc3ccc(-c4nn(C5CCC(N6CCOCC6)CC5)c5ncnc(N)c45)cc3)nc2c1. The van der Waals surface area contributed by atoms with Crippen LogP contribution >= 0.6 is 0 Å². The molecule has 2 fully saturated rings. The average Bonchev–Trinajstić information content (AvgIpc) is 3.61. The molecule has 0 amide bonds. The van der Waals surface area contributed by atoms with Crippen LogP contribution in [0.4, 0.5) is 17.5 Å². The molecule has 4 heterocycles. The summed E-state index contributed by atoms with van der Waals surface area (Å²) in [6, 6.07) is 12.7. The number of nitrogens with zero attached hydrogens (tertiary/aromatic N) is 6. The van der Waals surface area contributed by atoms with Crippen molar-refractivity contribution in [3.63, 3.8) is 0 Å². The summed E-state index contributed by atoms with van der Waals surface area (Å²) >= 11 is 0. The third-order valence-corrected chi connectivity index (χ3v) is 8.58. The second-order valence-electron chi connectivity index (χ2n) is 11.3. The van der Waals surface area contributed by atoms with Gasteiger partial charge in [0.1, 0.15) is 23.4 Å². The Kier molecular flexibility index (Phi) is 6.83. The monoisotopic (exact) mass is 566 g/mol. The van der Waals surface area contributed by atoms with Crippen LogP contribution in [0.2, 0.25) is 0 Å². The van der Waals surface area contributed by atoms with Crippen molar-refractivity contribution < 1.29 is 13.9 Å². The van der Waals surface area contributed by atoms with Gasteiger partial charge in [-0.1, -0.05) is 12.1 Å². The number of morpholine rings is 1. The quantitative estimate of drug-likeness (QED) is 0.261. The summed E-state index contributed by atoms with van der Waals surface area (Å²) in [5.41, 5.74) is 12.5. The highest BCUT2D eigenvalue weighted by Crippen LogP contribution is 2.37. The Hall–Kier alpha value is -4.35. The highest BCUT2D eigenvalue weighted by atomic mass is 16.5. The molecular formula is C31H34N8O3. The average molecular weight is 567 g/mol. The molecule has 0 spiro atoms.